The van der Waals surface area contributed by atoms with Crippen LogP contribution in [0.5, 0.6) is 0 Å². The van der Waals surface area contributed by atoms with Crippen molar-refractivity contribution < 1.29 is 14.7 Å². The Hall–Kier alpha value is -1.39. The summed E-state index contributed by atoms with van der Waals surface area (Å²) in [6, 6.07) is 7.43. The lowest BCUT2D eigenvalue weighted by Gasteiger charge is -2.18. The van der Waals surface area contributed by atoms with Gasteiger partial charge in [0.1, 0.15) is 0 Å². The Morgan fingerprint density at radius 2 is 2.00 bits per heavy atom. The van der Waals surface area contributed by atoms with Crippen LogP contribution in [0.3, 0.4) is 0 Å². The van der Waals surface area contributed by atoms with Crippen LogP contribution in [0.4, 0.5) is 0 Å². The summed E-state index contributed by atoms with van der Waals surface area (Å²) in [6.45, 7) is 0.843. The first-order valence-corrected chi connectivity index (χ1v) is 6.77. The lowest BCUT2D eigenvalue weighted by Crippen LogP contribution is -2.18. The smallest absolute Gasteiger partial charge is 0.274 e. The van der Waals surface area contributed by atoms with Gasteiger partial charge in [-0.15, -0.1) is 0 Å². The van der Waals surface area contributed by atoms with Crippen LogP contribution in [0.2, 0.25) is 0 Å². The summed E-state index contributed by atoms with van der Waals surface area (Å²) in [5, 5.41) is 8.57. The number of methoxy groups -OCH3 is 1. The summed E-state index contributed by atoms with van der Waals surface area (Å²) in [7, 11) is 1.76. The van der Waals surface area contributed by atoms with E-state index in [-0.39, 0.29) is 0 Å². The van der Waals surface area contributed by atoms with E-state index in [9.17, 15) is 4.79 Å². The van der Waals surface area contributed by atoms with Crippen LogP contribution in [0, 0.1) is 11.8 Å². The van der Waals surface area contributed by atoms with Crippen molar-refractivity contribution >= 4 is 5.91 Å². The number of hydrogen-bond acceptors (Lipinski definition) is 3. The van der Waals surface area contributed by atoms with Crippen LogP contribution in [0.15, 0.2) is 24.3 Å². The molecule has 2 atom stereocenters. The quantitative estimate of drug-likeness (QED) is 0.633. The van der Waals surface area contributed by atoms with Gasteiger partial charge in [-0.25, -0.2) is 5.48 Å². The summed E-state index contributed by atoms with van der Waals surface area (Å²) in [5.74, 6) is 0.868. The first-order chi connectivity index (χ1) is 9.24. The molecule has 0 bridgehead atoms. The number of nitrogens with one attached hydrogen (secondary N) is 1. The lowest BCUT2D eigenvalue weighted by atomic mass is 9.90. The topological polar surface area (TPSA) is 58.6 Å². The number of benzene rings is 1. The minimum Gasteiger partial charge on any atom is -0.384 e. The van der Waals surface area contributed by atoms with Gasteiger partial charge in [0.05, 0.1) is 0 Å². The van der Waals surface area contributed by atoms with Gasteiger partial charge >= 0.3 is 0 Å². The van der Waals surface area contributed by atoms with E-state index >= 15 is 0 Å². The van der Waals surface area contributed by atoms with Crippen molar-refractivity contribution in [3.63, 3.8) is 0 Å². The zero-order chi connectivity index (χ0) is 13.7. The molecule has 1 amide bonds. The number of hydroxylamine groups is 1. The molecule has 1 aliphatic rings. The van der Waals surface area contributed by atoms with E-state index in [1.54, 1.807) is 24.7 Å². The maximum absolute atomic E-state index is 11.2. The summed E-state index contributed by atoms with van der Waals surface area (Å²) >= 11 is 0. The van der Waals surface area contributed by atoms with Crippen LogP contribution in [-0.2, 0) is 11.2 Å². The van der Waals surface area contributed by atoms with E-state index in [2.05, 4.69) is 0 Å². The molecule has 0 radical (unpaired) electrons. The molecule has 2 N–H and O–H groups in total. The molecule has 104 valence electrons. The molecular weight excluding hydrogens is 242 g/mol. The highest BCUT2D eigenvalue weighted by Crippen LogP contribution is 2.34. The molecule has 1 fully saturated rings. The van der Waals surface area contributed by atoms with Crippen LogP contribution in [0.1, 0.15) is 35.2 Å². The van der Waals surface area contributed by atoms with Gasteiger partial charge in [0.15, 0.2) is 0 Å². The highest BCUT2D eigenvalue weighted by atomic mass is 16.5. The Labute approximate surface area is 113 Å². The fourth-order valence-electron chi connectivity index (χ4n) is 2.98. The Bertz CT molecular complexity index is 416. The molecule has 4 nitrogen and oxygen atoms in total. The van der Waals surface area contributed by atoms with E-state index in [1.165, 1.54) is 24.8 Å². The Morgan fingerprint density at radius 1 is 1.32 bits per heavy atom. The predicted octanol–water partition coefficient (Wildman–Crippen LogP) is 2.41. The van der Waals surface area contributed by atoms with Crippen molar-refractivity contribution in [3.8, 4) is 0 Å². The van der Waals surface area contributed by atoms with E-state index in [0.717, 1.165) is 13.0 Å². The fraction of sp³-hybridized carbons (Fsp3) is 0.533. The number of rotatable bonds is 5. The standard InChI is InChI=1S/C15H21NO3/c1-19-10-14-4-2-3-13(14)9-11-5-7-12(8-6-11)15(17)16-18/h5-8,13-14,18H,2-4,9-10H2,1H3,(H,16,17)/t13?,14-/m1/s1. The maximum Gasteiger partial charge on any atom is 0.274 e. The molecular formula is C15H21NO3. The van der Waals surface area contributed by atoms with Crippen LogP contribution < -0.4 is 5.48 Å². The van der Waals surface area contributed by atoms with Gasteiger partial charge in [-0.3, -0.25) is 10.0 Å². The summed E-state index contributed by atoms with van der Waals surface area (Å²) in [5.41, 5.74) is 3.36. The van der Waals surface area contributed by atoms with E-state index in [4.69, 9.17) is 9.94 Å². The second kappa shape index (κ2) is 6.68. The second-order valence-electron chi connectivity index (χ2n) is 5.25. The molecule has 1 aromatic carbocycles. The Morgan fingerprint density at radius 3 is 2.63 bits per heavy atom. The van der Waals surface area contributed by atoms with Crippen molar-refractivity contribution in [1.29, 1.82) is 0 Å². The van der Waals surface area contributed by atoms with Crippen LogP contribution >= 0.6 is 0 Å². The second-order valence-corrected chi connectivity index (χ2v) is 5.25. The minimum absolute atomic E-state index is 0.468. The third kappa shape index (κ3) is 3.55. The van der Waals surface area contributed by atoms with Crippen molar-refractivity contribution in [2.24, 2.45) is 11.8 Å². The van der Waals surface area contributed by atoms with Gasteiger partial charge in [-0.2, -0.15) is 0 Å². The van der Waals surface area contributed by atoms with Crippen molar-refractivity contribution in [3.05, 3.63) is 35.4 Å². The molecule has 0 aromatic heterocycles. The monoisotopic (exact) mass is 263 g/mol. The van der Waals surface area contributed by atoms with Crippen LogP contribution in [0.25, 0.3) is 0 Å². The Kier molecular flexibility index (Phi) is 4.93. The SMILES string of the molecule is COC[C@H]1CCCC1Cc1ccc(C(=O)NO)cc1. The molecule has 1 aliphatic carbocycles. The highest BCUT2D eigenvalue weighted by Gasteiger charge is 2.27. The molecule has 4 heteroatoms. The summed E-state index contributed by atoms with van der Waals surface area (Å²) in [4.78, 5) is 11.2. The third-order valence-electron chi connectivity index (χ3n) is 4.01. The van der Waals surface area contributed by atoms with Gasteiger partial charge < -0.3 is 4.74 Å². The molecule has 0 spiro atoms. The summed E-state index contributed by atoms with van der Waals surface area (Å²) in [6.07, 6.45) is 4.83. The third-order valence-corrected chi connectivity index (χ3v) is 4.01. The zero-order valence-corrected chi connectivity index (χ0v) is 11.3. The molecule has 1 saturated carbocycles. The lowest BCUT2D eigenvalue weighted by molar-refractivity contribution is 0.0706. The van der Waals surface area contributed by atoms with Gasteiger partial charge in [0.2, 0.25) is 0 Å². The molecule has 0 aliphatic heterocycles. The molecule has 0 heterocycles. The fourth-order valence-corrected chi connectivity index (χ4v) is 2.98. The number of carbonyl (C=O) groups is 1. The van der Waals surface area contributed by atoms with E-state index in [1.807, 2.05) is 12.1 Å². The maximum atomic E-state index is 11.2. The van der Waals surface area contributed by atoms with Gasteiger partial charge in [-0.1, -0.05) is 18.6 Å². The largest absolute Gasteiger partial charge is 0.384 e. The summed E-state index contributed by atoms with van der Waals surface area (Å²) < 4.78 is 5.28. The molecule has 0 saturated heterocycles. The molecule has 19 heavy (non-hydrogen) atoms. The van der Waals surface area contributed by atoms with Gasteiger partial charge in [0, 0.05) is 19.3 Å². The van der Waals surface area contributed by atoms with Gasteiger partial charge in [-0.05, 0) is 48.8 Å². The number of hydrogen-bond donors (Lipinski definition) is 2. The average Bonchev–Trinajstić information content (AvgIpc) is 2.86. The average molecular weight is 263 g/mol. The Balaban J connectivity index is 1.97. The van der Waals surface area contributed by atoms with Crippen molar-refractivity contribution in [1.82, 2.24) is 5.48 Å². The van der Waals surface area contributed by atoms with E-state index < -0.39 is 5.91 Å². The van der Waals surface area contributed by atoms with E-state index in [0.29, 0.717) is 17.4 Å². The van der Waals surface area contributed by atoms with Gasteiger partial charge in [0.25, 0.3) is 5.91 Å². The number of amides is 1. The molecule has 1 aromatic rings. The zero-order valence-electron chi connectivity index (χ0n) is 11.3. The number of ether oxygens (including phenoxy) is 1. The normalized spacial score (nSPS) is 22.4. The molecule has 2 rings (SSSR count). The number of carbonyl (C=O) groups excluding carboxylic acids is 1. The first kappa shape index (κ1) is 14.0. The predicted molar refractivity (Wildman–Crippen MR) is 72.1 cm³/mol. The van der Waals surface area contributed by atoms with Crippen molar-refractivity contribution in [2.45, 2.75) is 25.7 Å². The van der Waals surface area contributed by atoms with Crippen molar-refractivity contribution in [2.75, 3.05) is 13.7 Å². The first-order valence-electron chi connectivity index (χ1n) is 6.77. The highest BCUT2D eigenvalue weighted by molar-refractivity contribution is 5.93. The van der Waals surface area contributed by atoms with Crippen LogP contribution in [-0.4, -0.2) is 24.8 Å². The molecule has 1 unspecified atom stereocenters. The minimum atomic E-state index is -0.468.